The van der Waals surface area contributed by atoms with Crippen molar-refractivity contribution in [2.45, 2.75) is 38.6 Å². The highest BCUT2D eigenvalue weighted by atomic mass is 35.5. The highest BCUT2D eigenvalue weighted by Crippen LogP contribution is 2.18. The molecule has 2 aromatic carbocycles. The van der Waals surface area contributed by atoms with Gasteiger partial charge >= 0.3 is 0 Å². The number of carbonyl (C=O) groups excluding carboxylic acids is 2. The van der Waals surface area contributed by atoms with Crippen molar-refractivity contribution in [3.63, 3.8) is 0 Å². The number of hydrogen-bond donors (Lipinski definition) is 1. The summed E-state index contributed by atoms with van der Waals surface area (Å²) < 4.78 is 13.0. The average Bonchev–Trinajstić information content (AvgIpc) is 2.71. The van der Waals surface area contributed by atoms with Crippen LogP contribution in [0.4, 0.5) is 4.39 Å². The lowest BCUT2D eigenvalue weighted by atomic mass is 10.1. The van der Waals surface area contributed by atoms with E-state index < -0.39 is 6.04 Å². The van der Waals surface area contributed by atoms with Gasteiger partial charge in [-0.05, 0) is 48.7 Å². The molecule has 0 aliphatic carbocycles. The van der Waals surface area contributed by atoms with Gasteiger partial charge in [0.1, 0.15) is 11.9 Å². The Morgan fingerprint density at radius 1 is 1.17 bits per heavy atom. The van der Waals surface area contributed by atoms with Crippen molar-refractivity contribution in [1.29, 1.82) is 0 Å². The van der Waals surface area contributed by atoms with Gasteiger partial charge in [-0.1, -0.05) is 42.8 Å². The Bertz CT molecular complexity index is 817. The molecule has 0 radical (unpaired) electrons. The summed E-state index contributed by atoms with van der Waals surface area (Å²) in [6.45, 7) is 4.59. The third-order valence-electron chi connectivity index (χ3n) is 4.37. The second-order valence-corrected chi connectivity index (χ2v) is 8.16. The number of carbonyl (C=O) groups is 2. The van der Waals surface area contributed by atoms with Gasteiger partial charge < -0.3 is 10.2 Å². The maximum absolute atomic E-state index is 13.0. The van der Waals surface area contributed by atoms with Crippen molar-refractivity contribution in [3.8, 4) is 0 Å². The lowest BCUT2D eigenvalue weighted by Gasteiger charge is -2.28. The quantitative estimate of drug-likeness (QED) is 0.589. The molecular weight excluding hydrogens is 411 g/mol. The highest BCUT2D eigenvalue weighted by Gasteiger charge is 2.25. The minimum atomic E-state index is -0.598. The molecule has 0 saturated heterocycles. The van der Waals surface area contributed by atoms with Crippen LogP contribution in [-0.2, 0) is 21.9 Å². The molecule has 2 rings (SSSR count). The second kappa shape index (κ2) is 11.8. The topological polar surface area (TPSA) is 49.4 Å². The molecular formula is C22H26ClFN2O2S. The summed E-state index contributed by atoms with van der Waals surface area (Å²) in [5.74, 6) is 0.230. The summed E-state index contributed by atoms with van der Waals surface area (Å²) in [6, 6.07) is 12.9. The van der Waals surface area contributed by atoms with Crippen molar-refractivity contribution in [3.05, 3.63) is 70.5 Å². The molecule has 0 aliphatic heterocycles. The minimum absolute atomic E-state index is 0.128. The van der Waals surface area contributed by atoms with Gasteiger partial charge in [0.2, 0.25) is 11.8 Å². The summed E-state index contributed by atoms with van der Waals surface area (Å²) in [7, 11) is 0. The normalized spacial score (nSPS) is 11.7. The van der Waals surface area contributed by atoms with Crippen LogP contribution in [0, 0.1) is 5.82 Å². The third kappa shape index (κ3) is 7.71. The fraction of sp³-hybridized carbons (Fsp3) is 0.364. The SMILES string of the molecule is CCCNC(=O)[C@@H](C)N(Cc1cccc(Cl)c1)C(=O)CSCc1ccc(F)cc1. The first-order valence-corrected chi connectivity index (χ1v) is 11.1. The molecule has 2 aromatic rings. The van der Waals surface area contributed by atoms with Gasteiger partial charge in [0.05, 0.1) is 5.75 Å². The minimum Gasteiger partial charge on any atom is -0.354 e. The van der Waals surface area contributed by atoms with E-state index in [4.69, 9.17) is 11.6 Å². The van der Waals surface area contributed by atoms with E-state index in [2.05, 4.69) is 5.32 Å². The number of hydrogen-bond acceptors (Lipinski definition) is 3. The van der Waals surface area contributed by atoms with Crippen molar-refractivity contribution in [1.82, 2.24) is 10.2 Å². The average molecular weight is 437 g/mol. The molecule has 29 heavy (non-hydrogen) atoms. The standard InChI is InChI=1S/C22H26ClFN2O2S/c1-3-11-25-22(28)16(2)26(13-18-5-4-6-19(23)12-18)21(27)15-29-14-17-7-9-20(24)10-8-17/h4-10,12,16H,3,11,13-15H2,1-2H3,(H,25,28)/t16-/m1/s1. The molecule has 0 fully saturated rings. The van der Waals surface area contributed by atoms with Crippen LogP contribution in [0.25, 0.3) is 0 Å². The Kier molecular flexibility index (Phi) is 9.48. The van der Waals surface area contributed by atoms with E-state index in [1.807, 2.05) is 19.1 Å². The van der Waals surface area contributed by atoms with Crippen molar-refractivity contribution in [2.75, 3.05) is 12.3 Å². The molecule has 4 nitrogen and oxygen atoms in total. The van der Waals surface area contributed by atoms with Gasteiger partial charge in [-0.2, -0.15) is 0 Å². The van der Waals surface area contributed by atoms with E-state index >= 15 is 0 Å². The number of halogens is 2. The van der Waals surface area contributed by atoms with E-state index in [0.29, 0.717) is 23.9 Å². The summed E-state index contributed by atoms with van der Waals surface area (Å²) in [6.07, 6.45) is 0.828. The molecule has 1 N–H and O–H groups in total. The largest absolute Gasteiger partial charge is 0.354 e. The predicted octanol–water partition coefficient (Wildman–Crippen LogP) is 4.66. The van der Waals surface area contributed by atoms with Gasteiger partial charge in [-0.25, -0.2) is 4.39 Å². The number of rotatable bonds is 10. The van der Waals surface area contributed by atoms with E-state index in [-0.39, 0.29) is 23.4 Å². The van der Waals surface area contributed by atoms with E-state index in [1.165, 1.54) is 23.9 Å². The summed E-state index contributed by atoms with van der Waals surface area (Å²) in [5.41, 5.74) is 1.81. The van der Waals surface area contributed by atoms with Crippen molar-refractivity contribution in [2.24, 2.45) is 0 Å². The lowest BCUT2D eigenvalue weighted by molar-refractivity contribution is -0.138. The van der Waals surface area contributed by atoms with Crippen molar-refractivity contribution < 1.29 is 14.0 Å². The Morgan fingerprint density at radius 2 is 1.90 bits per heavy atom. The van der Waals surface area contributed by atoms with Crippen LogP contribution >= 0.6 is 23.4 Å². The van der Waals surface area contributed by atoms with Gasteiger partial charge in [-0.15, -0.1) is 11.8 Å². The number of amides is 2. The summed E-state index contributed by atoms with van der Waals surface area (Å²) >= 11 is 7.51. The Labute approximate surface area is 180 Å². The zero-order chi connectivity index (χ0) is 21.2. The molecule has 0 bridgehead atoms. The first kappa shape index (κ1) is 23.2. The van der Waals surface area contributed by atoms with Crippen LogP contribution in [0.15, 0.2) is 48.5 Å². The van der Waals surface area contributed by atoms with Crippen LogP contribution in [0.5, 0.6) is 0 Å². The zero-order valence-electron chi connectivity index (χ0n) is 16.7. The van der Waals surface area contributed by atoms with Crippen LogP contribution in [-0.4, -0.2) is 35.1 Å². The first-order valence-electron chi connectivity index (χ1n) is 9.54. The molecule has 0 aliphatic rings. The second-order valence-electron chi connectivity index (χ2n) is 6.74. The lowest BCUT2D eigenvalue weighted by Crippen LogP contribution is -2.48. The molecule has 0 saturated carbocycles. The first-order chi connectivity index (χ1) is 13.9. The molecule has 2 amide bonds. The Hall–Kier alpha value is -2.05. The number of thioether (sulfide) groups is 1. The molecule has 1 atom stereocenters. The van der Waals surface area contributed by atoms with E-state index in [0.717, 1.165) is 17.5 Å². The number of nitrogens with zero attached hydrogens (tertiary/aromatic N) is 1. The molecule has 0 unspecified atom stereocenters. The van der Waals surface area contributed by atoms with Crippen LogP contribution in [0.2, 0.25) is 5.02 Å². The van der Waals surface area contributed by atoms with Crippen LogP contribution in [0.1, 0.15) is 31.4 Å². The molecule has 0 spiro atoms. The summed E-state index contributed by atoms with van der Waals surface area (Å²) in [5, 5.41) is 3.44. The van der Waals surface area contributed by atoms with Gasteiger partial charge in [0.25, 0.3) is 0 Å². The smallest absolute Gasteiger partial charge is 0.242 e. The third-order valence-corrected chi connectivity index (χ3v) is 5.59. The monoisotopic (exact) mass is 436 g/mol. The highest BCUT2D eigenvalue weighted by molar-refractivity contribution is 7.99. The molecule has 0 aromatic heterocycles. The summed E-state index contributed by atoms with van der Waals surface area (Å²) in [4.78, 5) is 27.0. The van der Waals surface area contributed by atoms with Gasteiger partial charge in [-0.3, -0.25) is 9.59 Å². The van der Waals surface area contributed by atoms with E-state index in [9.17, 15) is 14.0 Å². The number of nitrogens with one attached hydrogen (secondary N) is 1. The van der Waals surface area contributed by atoms with Gasteiger partial charge in [0.15, 0.2) is 0 Å². The van der Waals surface area contributed by atoms with Crippen LogP contribution < -0.4 is 5.32 Å². The van der Waals surface area contributed by atoms with E-state index in [1.54, 1.807) is 36.1 Å². The van der Waals surface area contributed by atoms with Crippen LogP contribution in [0.3, 0.4) is 0 Å². The Balaban J connectivity index is 2.04. The number of benzene rings is 2. The van der Waals surface area contributed by atoms with Gasteiger partial charge in [0, 0.05) is 23.9 Å². The maximum Gasteiger partial charge on any atom is 0.242 e. The fourth-order valence-corrected chi connectivity index (χ4v) is 3.81. The molecule has 7 heteroatoms. The zero-order valence-corrected chi connectivity index (χ0v) is 18.2. The Morgan fingerprint density at radius 3 is 2.55 bits per heavy atom. The molecule has 156 valence electrons. The molecule has 0 heterocycles. The predicted molar refractivity (Wildman–Crippen MR) is 117 cm³/mol. The maximum atomic E-state index is 13.0. The fourth-order valence-electron chi connectivity index (χ4n) is 2.73. The van der Waals surface area contributed by atoms with Crippen molar-refractivity contribution >= 4 is 35.2 Å².